The molecule has 2 N–H and O–H groups in total. The van der Waals surface area contributed by atoms with Crippen LogP contribution in [-0.2, 0) is 14.4 Å². The summed E-state index contributed by atoms with van der Waals surface area (Å²) in [6.45, 7) is 3.53. The predicted octanol–water partition coefficient (Wildman–Crippen LogP) is 4.11. The zero-order valence-corrected chi connectivity index (χ0v) is 19.2. The van der Waals surface area contributed by atoms with Gasteiger partial charge in [-0.1, -0.05) is 68.2 Å². The molecule has 3 rings (SSSR count). The van der Waals surface area contributed by atoms with Crippen molar-refractivity contribution in [3.63, 3.8) is 0 Å². The van der Waals surface area contributed by atoms with Crippen LogP contribution in [0.3, 0.4) is 0 Å². The van der Waals surface area contributed by atoms with Crippen LogP contribution in [0.15, 0.2) is 53.4 Å². The number of nitrogens with zero attached hydrogens (tertiary/aromatic N) is 1. The van der Waals surface area contributed by atoms with Gasteiger partial charge in [0.1, 0.15) is 16.6 Å². The minimum atomic E-state index is -1.12. The van der Waals surface area contributed by atoms with E-state index < -0.39 is 18.4 Å². The topological polar surface area (TPSA) is 95.9 Å². The number of thioether (sulfide) groups is 1. The van der Waals surface area contributed by atoms with Crippen LogP contribution in [0.4, 0.5) is 5.69 Å². The van der Waals surface area contributed by atoms with E-state index in [0.717, 1.165) is 33.5 Å². The maximum atomic E-state index is 12.3. The molecule has 1 heterocycles. The highest BCUT2D eigenvalue weighted by Gasteiger charge is 2.33. The molecule has 9 heteroatoms. The lowest BCUT2D eigenvalue weighted by Gasteiger charge is -2.14. The Hall–Kier alpha value is -3.17. The van der Waals surface area contributed by atoms with Crippen LogP contribution >= 0.6 is 24.0 Å². The molecule has 1 aliphatic heterocycles. The summed E-state index contributed by atoms with van der Waals surface area (Å²) in [7, 11) is 0. The van der Waals surface area contributed by atoms with Gasteiger partial charge in [-0.25, -0.2) is 0 Å². The molecule has 2 amide bonds. The third-order valence-electron chi connectivity index (χ3n) is 4.57. The summed E-state index contributed by atoms with van der Waals surface area (Å²) >= 11 is 6.15. The largest absolute Gasteiger partial charge is 0.484 e. The van der Waals surface area contributed by atoms with Gasteiger partial charge in [-0.2, -0.15) is 0 Å². The number of hydrogen-bond acceptors (Lipinski definition) is 6. The Morgan fingerprint density at radius 2 is 1.88 bits per heavy atom. The van der Waals surface area contributed by atoms with Gasteiger partial charge in [-0.05, 0) is 41.3 Å². The Morgan fingerprint density at radius 1 is 1.19 bits per heavy atom. The van der Waals surface area contributed by atoms with E-state index in [0.29, 0.717) is 10.7 Å². The minimum absolute atomic E-state index is 0.139. The van der Waals surface area contributed by atoms with Crippen molar-refractivity contribution in [1.82, 2.24) is 4.90 Å². The zero-order valence-electron chi connectivity index (χ0n) is 17.5. The predicted molar refractivity (Wildman–Crippen MR) is 129 cm³/mol. The number of rotatable bonds is 8. The molecule has 0 unspecified atom stereocenters. The van der Waals surface area contributed by atoms with Crippen molar-refractivity contribution in [3.05, 3.63) is 64.6 Å². The lowest BCUT2D eigenvalue weighted by molar-refractivity contribution is -0.140. The Labute approximate surface area is 195 Å². The monoisotopic (exact) mass is 470 g/mol. The van der Waals surface area contributed by atoms with E-state index >= 15 is 0 Å². The fourth-order valence-electron chi connectivity index (χ4n) is 3.03. The number of benzene rings is 2. The summed E-state index contributed by atoms with van der Waals surface area (Å²) < 4.78 is 5.78. The fourth-order valence-corrected chi connectivity index (χ4v) is 4.29. The number of anilines is 1. The summed E-state index contributed by atoms with van der Waals surface area (Å²) in [6.07, 6.45) is 1.64. The van der Waals surface area contributed by atoms with Gasteiger partial charge in [0.2, 0.25) is 0 Å². The number of hydrogen-bond donors (Lipinski definition) is 2. The summed E-state index contributed by atoms with van der Waals surface area (Å²) in [5, 5.41) is 11.8. The summed E-state index contributed by atoms with van der Waals surface area (Å²) in [4.78, 5) is 36.9. The number of nitrogens with one attached hydrogen (secondary N) is 1. The molecule has 1 saturated heterocycles. The van der Waals surface area contributed by atoms with Gasteiger partial charge in [0.25, 0.3) is 11.8 Å². The summed E-state index contributed by atoms with van der Waals surface area (Å²) in [5.41, 5.74) is 2.55. The van der Waals surface area contributed by atoms with Crippen LogP contribution in [0.25, 0.3) is 6.08 Å². The SMILES string of the molecule is CC(C)c1ccccc1NC(=O)COc1ccc(/C=C2/SC(=S)N(CC(=O)O)C2=O)cc1. The second-order valence-corrected chi connectivity index (χ2v) is 8.99. The van der Waals surface area contributed by atoms with E-state index in [1.54, 1.807) is 30.3 Å². The molecule has 0 bridgehead atoms. The average Bonchev–Trinajstić information content (AvgIpc) is 3.00. The van der Waals surface area contributed by atoms with Crippen LogP contribution < -0.4 is 10.1 Å². The van der Waals surface area contributed by atoms with Gasteiger partial charge in [-0.15, -0.1) is 0 Å². The summed E-state index contributed by atoms with van der Waals surface area (Å²) in [5.74, 6) is -1.02. The van der Waals surface area contributed by atoms with Gasteiger partial charge in [0, 0.05) is 5.69 Å². The van der Waals surface area contributed by atoms with E-state index in [2.05, 4.69) is 19.2 Å². The summed E-state index contributed by atoms with van der Waals surface area (Å²) in [6, 6.07) is 14.5. The maximum Gasteiger partial charge on any atom is 0.323 e. The average molecular weight is 471 g/mol. The van der Waals surface area contributed by atoms with Crippen LogP contribution in [0.2, 0.25) is 0 Å². The molecule has 0 saturated carbocycles. The van der Waals surface area contributed by atoms with Crippen molar-refractivity contribution in [2.24, 2.45) is 0 Å². The standard InChI is InChI=1S/C23H22N2O5S2/c1-14(2)17-5-3-4-6-18(17)24-20(26)13-30-16-9-7-15(8-10-16)11-19-22(29)25(12-21(27)28)23(31)32-19/h3-11,14H,12-13H2,1-2H3,(H,24,26)(H,27,28)/b19-11+. The molecule has 2 aromatic carbocycles. The van der Waals surface area contributed by atoms with Gasteiger partial charge < -0.3 is 15.2 Å². The molecule has 1 aliphatic rings. The third-order valence-corrected chi connectivity index (χ3v) is 5.95. The molecule has 2 aromatic rings. The lowest BCUT2D eigenvalue weighted by Crippen LogP contribution is -2.33. The molecule has 32 heavy (non-hydrogen) atoms. The van der Waals surface area contributed by atoms with E-state index in [9.17, 15) is 14.4 Å². The Balaban J connectivity index is 1.58. The van der Waals surface area contributed by atoms with Crippen LogP contribution in [-0.4, -0.2) is 45.3 Å². The van der Waals surface area contributed by atoms with Crippen molar-refractivity contribution in [2.75, 3.05) is 18.5 Å². The lowest BCUT2D eigenvalue weighted by atomic mass is 10.0. The van der Waals surface area contributed by atoms with Gasteiger partial charge >= 0.3 is 5.97 Å². The quantitative estimate of drug-likeness (QED) is 0.443. The van der Waals surface area contributed by atoms with Gasteiger partial charge in [-0.3, -0.25) is 19.3 Å². The second kappa shape index (κ2) is 10.4. The first-order valence-corrected chi connectivity index (χ1v) is 11.1. The molecular formula is C23H22N2O5S2. The van der Waals surface area contributed by atoms with Gasteiger partial charge in [0.05, 0.1) is 4.91 Å². The number of thiocarbonyl (C=S) groups is 1. The molecule has 0 spiro atoms. The smallest absolute Gasteiger partial charge is 0.323 e. The number of carboxylic acid groups (broad SMARTS) is 1. The maximum absolute atomic E-state index is 12.3. The fraction of sp³-hybridized carbons (Fsp3) is 0.217. The van der Waals surface area contributed by atoms with E-state index in [1.807, 2.05) is 24.3 Å². The molecule has 7 nitrogen and oxygen atoms in total. The van der Waals surface area contributed by atoms with Crippen molar-refractivity contribution >= 4 is 57.8 Å². The number of carbonyl (C=O) groups is 3. The highest BCUT2D eigenvalue weighted by atomic mass is 32.2. The molecule has 0 radical (unpaired) electrons. The Kier molecular flexibility index (Phi) is 7.66. The zero-order chi connectivity index (χ0) is 23.3. The number of carboxylic acids is 1. The van der Waals surface area contributed by atoms with Crippen molar-refractivity contribution in [2.45, 2.75) is 19.8 Å². The number of aliphatic carboxylic acids is 1. The Morgan fingerprint density at radius 3 is 2.53 bits per heavy atom. The highest BCUT2D eigenvalue weighted by Crippen LogP contribution is 2.32. The molecule has 0 aliphatic carbocycles. The van der Waals surface area contributed by atoms with Crippen molar-refractivity contribution in [1.29, 1.82) is 0 Å². The normalized spacial score (nSPS) is 14.8. The van der Waals surface area contributed by atoms with E-state index in [-0.39, 0.29) is 22.8 Å². The van der Waals surface area contributed by atoms with Crippen molar-refractivity contribution in [3.8, 4) is 5.75 Å². The first-order valence-electron chi connectivity index (χ1n) is 9.83. The van der Waals surface area contributed by atoms with E-state index in [4.69, 9.17) is 22.1 Å². The second-order valence-electron chi connectivity index (χ2n) is 7.31. The van der Waals surface area contributed by atoms with E-state index in [1.165, 1.54) is 0 Å². The highest BCUT2D eigenvalue weighted by molar-refractivity contribution is 8.26. The first kappa shape index (κ1) is 23.5. The van der Waals surface area contributed by atoms with Crippen LogP contribution in [0.1, 0.15) is 30.9 Å². The molecule has 0 aromatic heterocycles. The molecule has 166 valence electrons. The number of para-hydroxylation sites is 1. The molecule has 0 atom stereocenters. The number of ether oxygens (including phenoxy) is 1. The third kappa shape index (κ3) is 5.95. The first-order chi connectivity index (χ1) is 15.2. The van der Waals surface area contributed by atoms with Gasteiger partial charge in [0.15, 0.2) is 6.61 Å². The minimum Gasteiger partial charge on any atom is -0.484 e. The molecular weight excluding hydrogens is 448 g/mol. The van der Waals surface area contributed by atoms with Crippen LogP contribution in [0, 0.1) is 0 Å². The van der Waals surface area contributed by atoms with Crippen LogP contribution in [0.5, 0.6) is 5.75 Å². The molecule has 1 fully saturated rings. The van der Waals surface area contributed by atoms with Crippen molar-refractivity contribution < 1.29 is 24.2 Å². The number of carbonyl (C=O) groups excluding carboxylic acids is 2. The number of amides is 2. The Bertz CT molecular complexity index is 1080.